The van der Waals surface area contributed by atoms with Gasteiger partial charge in [-0.05, 0) is 30.3 Å². The summed E-state index contributed by atoms with van der Waals surface area (Å²) in [5.41, 5.74) is 0. The van der Waals surface area contributed by atoms with Crippen LogP contribution in [0.2, 0.25) is 0 Å². The first-order valence-electron chi connectivity index (χ1n) is 5.32. The van der Waals surface area contributed by atoms with E-state index >= 15 is 0 Å². The zero-order chi connectivity index (χ0) is 10.9. The smallest absolute Gasteiger partial charge is 0.191 e. The van der Waals surface area contributed by atoms with E-state index in [0.717, 1.165) is 18.4 Å². The lowest BCUT2D eigenvalue weighted by molar-refractivity contribution is 0.479. The van der Waals surface area contributed by atoms with E-state index in [2.05, 4.69) is 33.3 Å². The molecule has 0 bridgehead atoms. The second-order valence-electron chi connectivity index (χ2n) is 3.57. The van der Waals surface area contributed by atoms with Crippen LogP contribution in [0.5, 0.6) is 0 Å². The Morgan fingerprint density at radius 2 is 2.12 bits per heavy atom. The summed E-state index contributed by atoms with van der Waals surface area (Å²) in [6.45, 7) is 1.53. The van der Waals surface area contributed by atoms with Crippen LogP contribution in [0.15, 0.2) is 4.99 Å². The number of guanidine groups is 1. The number of rotatable bonds is 3. The van der Waals surface area contributed by atoms with E-state index in [1.165, 1.54) is 24.3 Å². The van der Waals surface area contributed by atoms with Crippen molar-refractivity contribution < 1.29 is 0 Å². The molecule has 1 aliphatic heterocycles. The molecular formula is C11H20IN3S. The quantitative estimate of drug-likeness (QED) is 0.350. The second kappa shape index (κ2) is 10.1. The maximum atomic E-state index is 5.17. The van der Waals surface area contributed by atoms with Crippen LogP contribution in [-0.4, -0.2) is 37.6 Å². The van der Waals surface area contributed by atoms with Gasteiger partial charge in [0.1, 0.15) is 0 Å². The van der Waals surface area contributed by atoms with E-state index in [4.69, 9.17) is 6.42 Å². The van der Waals surface area contributed by atoms with Gasteiger partial charge in [0.15, 0.2) is 5.96 Å². The van der Waals surface area contributed by atoms with Crippen molar-refractivity contribution in [1.29, 1.82) is 0 Å². The lowest BCUT2D eigenvalue weighted by Gasteiger charge is -2.22. The molecule has 1 saturated heterocycles. The highest BCUT2D eigenvalue weighted by molar-refractivity contribution is 14.0. The van der Waals surface area contributed by atoms with Crippen LogP contribution in [0.25, 0.3) is 0 Å². The molecule has 0 amide bonds. The molecule has 1 heterocycles. The van der Waals surface area contributed by atoms with Crippen molar-refractivity contribution in [2.75, 3.05) is 31.6 Å². The van der Waals surface area contributed by atoms with Crippen LogP contribution < -0.4 is 10.6 Å². The highest BCUT2D eigenvalue weighted by Gasteiger charge is 2.13. The van der Waals surface area contributed by atoms with Crippen LogP contribution in [0.3, 0.4) is 0 Å². The molecule has 0 spiro atoms. The summed E-state index contributed by atoms with van der Waals surface area (Å²) in [7, 11) is 1.77. The van der Waals surface area contributed by atoms with Gasteiger partial charge in [0.2, 0.25) is 0 Å². The van der Waals surface area contributed by atoms with Crippen LogP contribution >= 0.6 is 35.7 Å². The average molecular weight is 353 g/mol. The second-order valence-corrected chi connectivity index (χ2v) is 4.79. The van der Waals surface area contributed by atoms with Crippen molar-refractivity contribution in [3.8, 4) is 12.3 Å². The monoisotopic (exact) mass is 353 g/mol. The Hall–Kier alpha value is -0.0900. The standard InChI is InChI=1S/C11H19N3S.HI/c1-3-6-13-11(12-2)14-9-10-4-7-15-8-5-10;/h1,10H,4-9H2,2H3,(H2,12,13,14);1H. The largest absolute Gasteiger partial charge is 0.356 e. The van der Waals surface area contributed by atoms with Gasteiger partial charge in [-0.25, -0.2) is 0 Å². The topological polar surface area (TPSA) is 36.4 Å². The Bertz CT molecular complexity index is 244. The predicted molar refractivity (Wildman–Crippen MR) is 83.7 cm³/mol. The van der Waals surface area contributed by atoms with Gasteiger partial charge in [-0.2, -0.15) is 11.8 Å². The molecule has 0 aromatic carbocycles. The van der Waals surface area contributed by atoms with Gasteiger partial charge < -0.3 is 10.6 Å². The molecule has 16 heavy (non-hydrogen) atoms. The first-order valence-corrected chi connectivity index (χ1v) is 6.48. The first-order chi connectivity index (χ1) is 7.36. The van der Waals surface area contributed by atoms with E-state index in [1.54, 1.807) is 7.05 Å². The minimum atomic E-state index is 0. The number of hydrogen-bond acceptors (Lipinski definition) is 2. The fourth-order valence-electron chi connectivity index (χ4n) is 1.55. The van der Waals surface area contributed by atoms with E-state index in [-0.39, 0.29) is 24.0 Å². The molecule has 0 atom stereocenters. The zero-order valence-corrected chi connectivity index (χ0v) is 12.8. The normalized spacial score (nSPS) is 17.1. The summed E-state index contributed by atoms with van der Waals surface area (Å²) in [6.07, 6.45) is 7.79. The van der Waals surface area contributed by atoms with Gasteiger partial charge in [-0.1, -0.05) is 5.92 Å². The third kappa shape index (κ3) is 6.48. The van der Waals surface area contributed by atoms with Crippen molar-refractivity contribution >= 4 is 41.7 Å². The zero-order valence-electron chi connectivity index (χ0n) is 9.66. The van der Waals surface area contributed by atoms with Crippen molar-refractivity contribution in [3.05, 3.63) is 0 Å². The molecule has 5 heteroatoms. The molecular weight excluding hydrogens is 333 g/mol. The van der Waals surface area contributed by atoms with Crippen molar-refractivity contribution in [3.63, 3.8) is 0 Å². The number of aliphatic imine (C=N–C) groups is 1. The van der Waals surface area contributed by atoms with Crippen LogP contribution in [0, 0.1) is 18.3 Å². The minimum Gasteiger partial charge on any atom is -0.356 e. The number of hydrogen-bond donors (Lipinski definition) is 2. The summed E-state index contributed by atoms with van der Waals surface area (Å²) in [5.74, 6) is 6.72. The third-order valence-corrected chi connectivity index (χ3v) is 3.53. The van der Waals surface area contributed by atoms with Gasteiger partial charge >= 0.3 is 0 Å². The van der Waals surface area contributed by atoms with Gasteiger partial charge in [-0.15, -0.1) is 30.4 Å². The van der Waals surface area contributed by atoms with E-state index in [0.29, 0.717) is 6.54 Å². The summed E-state index contributed by atoms with van der Waals surface area (Å²) in [4.78, 5) is 4.10. The van der Waals surface area contributed by atoms with Crippen LogP contribution in [0.1, 0.15) is 12.8 Å². The number of terminal acetylenes is 1. The summed E-state index contributed by atoms with van der Waals surface area (Å²) in [5, 5.41) is 6.36. The SMILES string of the molecule is C#CCNC(=NC)NCC1CCSCC1.I. The number of halogens is 1. The van der Waals surface area contributed by atoms with E-state index in [1.807, 2.05) is 0 Å². The highest BCUT2D eigenvalue weighted by Crippen LogP contribution is 2.21. The van der Waals surface area contributed by atoms with Crippen molar-refractivity contribution in [1.82, 2.24) is 10.6 Å². The average Bonchev–Trinajstić information content (AvgIpc) is 2.31. The number of nitrogens with one attached hydrogen (secondary N) is 2. The third-order valence-electron chi connectivity index (χ3n) is 2.48. The van der Waals surface area contributed by atoms with Gasteiger partial charge in [0.25, 0.3) is 0 Å². The maximum Gasteiger partial charge on any atom is 0.191 e. The number of thioether (sulfide) groups is 1. The fourth-order valence-corrected chi connectivity index (χ4v) is 2.75. The maximum absolute atomic E-state index is 5.17. The Morgan fingerprint density at radius 3 is 2.69 bits per heavy atom. The predicted octanol–water partition coefficient (Wildman–Crippen LogP) is 1.55. The molecule has 1 aliphatic rings. The van der Waals surface area contributed by atoms with E-state index in [9.17, 15) is 0 Å². The Morgan fingerprint density at radius 1 is 1.44 bits per heavy atom. The molecule has 2 N–H and O–H groups in total. The summed E-state index contributed by atoms with van der Waals surface area (Å²) in [6, 6.07) is 0. The van der Waals surface area contributed by atoms with Crippen LogP contribution in [0.4, 0.5) is 0 Å². The molecule has 92 valence electrons. The van der Waals surface area contributed by atoms with Crippen molar-refractivity contribution in [2.24, 2.45) is 10.9 Å². The Labute approximate surface area is 120 Å². The van der Waals surface area contributed by atoms with Gasteiger partial charge in [-0.3, -0.25) is 4.99 Å². The van der Waals surface area contributed by atoms with Gasteiger partial charge in [0, 0.05) is 13.6 Å². The van der Waals surface area contributed by atoms with E-state index < -0.39 is 0 Å². The summed E-state index contributed by atoms with van der Waals surface area (Å²) >= 11 is 2.05. The molecule has 3 nitrogen and oxygen atoms in total. The minimum absolute atomic E-state index is 0. The fraction of sp³-hybridized carbons (Fsp3) is 0.727. The highest BCUT2D eigenvalue weighted by atomic mass is 127. The first kappa shape index (κ1) is 15.9. The molecule has 0 aromatic rings. The lowest BCUT2D eigenvalue weighted by atomic mass is 10.0. The van der Waals surface area contributed by atoms with Crippen LogP contribution in [-0.2, 0) is 0 Å². The van der Waals surface area contributed by atoms with Gasteiger partial charge in [0.05, 0.1) is 6.54 Å². The molecule has 0 radical (unpaired) electrons. The molecule has 0 aliphatic carbocycles. The lowest BCUT2D eigenvalue weighted by Crippen LogP contribution is -2.40. The molecule has 1 fully saturated rings. The molecule has 0 saturated carbocycles. The Kier molecular flexibility index (Phi) is 10.0. The molecule has 1 rings (SSSR count). The van der Waals surface area contributed by atoms with Crippen molar-refractivity contribution in [2.45, 2.75) is 12.8 Å². The molecule has 0 unspecified atom stereocenters. The molecule has 0 aromatic heterocycles. The Balaban J connectivity index is 0.00000225. The summed E-state index contributed by atoms with van der Waals surface area (Å²) < 4.78 is 0. The number of nitrogens with zero attached hydrogens (tertiary/aromatic N) is 1.